The van der Waals surface area contributed by atoms with Gasteiger partial charge in [-0.2, -0.15) is 4.31 Å². The summed E-state index contributed by atoms with van der Waals surface area (Å²) in [5.41, 5.74) is 0.665. The Labute approximate surface area is 199 Å². The van der Waals surface area contributed by atoms with Crippen LogP contribution in [0.5, 0.6) is 5.75 Å². The largest absolute Gasteiger partial charge is 0.496 e. The Kier molecular flexibility index (Phi) is 6.66. The fourth-order valence-corrected chi connectivity index (χ4v) is 7.33. The maximum Gasteiger partial charge on any atom is 0.244 e. The van der Waals surface area contributed by atoms with Gasteiger partial charge in [-0.3, -0.25) is 4.79 Å². The number of carbonyl (C=O) groups excluding carboxylic acids is 1. The van der Waals surface area contributed by atoms with E-state index in [1.165, 1.54) is 28.6 Å². The normalized spacial score (nSPS) is 15.8. The van der Waals surface area contributed by atoms with Gasteiger partial charge in [-0.25, -0.2) is 16.8 Å². The number of sulfone groups is 1. The van der Waals surface area contributed by atoms with Crippen molar-refractivity contribution in [3.8, 4) is 5.75 Å². The minimum Gasteiger partial charge on any atom is -0.496 e. The van der Waals surface area contributed by atoms with Crippen LogP contribution >= 0.6 is 0 Å². The van der Waals surface area contributed by atoms with Crippen LogP contribution < -0.4 is 10.1 Å². The van der Waals surface area contributed by atoms with Crippen LogP contribution in [0.25, 0.3) is 10.8 Å². The second-order valence-electron chi connectivity index (χ2n) is 8.25. The lowest BCUT2D eigenvalue weighted by Gasteiger charge is -2.31. The van der Waals surface area contributed by atoms with E-state index in [1.807, 2.05) is 24.3 Å². The third-order valence-corrected chi connectivity index (χ3v) is 9.29. The molecule has 4 rings (SSSR count). The Hall–Kier alpha value is -2.95. The first-order valence-corrected chi connectivity index (χ1v) is 14.1. The van der Waals surface area contributed by atoms with E-state index >= 15 is 0 Å². The van der Waals surface area contributed by atoms with Crippen molar-refractivity contribution in [2.75, 3.05) is 31.8 Å². The summed E-state index contributed by atoms with van der Waals surface area (Å²) in [7, 11) is -6.13. The van der Waals surface area contributed by atoms with Gasteiger partial charge in [0.1, 0.15) is 10.6 Å². The predicted octanol–water partition coefficient (Wildman–Crippen LogP) is 3.29. The van der Waals surface area contributed by atoms with E-state index in [2.05, 4.69) is 5.32 Å². The Morgan fingerprint density at radius 2 is 1.47 bits per heavy atom. The van der Waals surface area contributed by atoms with Crippen molar-refractivity contribution in [3.05, 3.63) is 60.7 Å². The van der Waals surface area contributed by atoms with Crippen molar-refractivity contribution in [1.29, 1.82) is 0 Å². The van der Waals surface area contributed by atoms with Gasteiger partial charge in [0.2, 0.25) is 15.9 Å². The van der Waals surface area contributed by atoms with Crippen molar-refractivity contribution >= 4 is 42.2 Å². The number of amides is 1. The van der Waals surface area contributed by atoms with Crippen molar-refractivity contribution in [2.45, 2.75) is 22.6 Å². The van der Waals surface area contributed by atoms with Gasteiger partial charge >= 0.3 is 0 Å². The molecule has 0 spiro atoms. The molecule has 1 N–H and O–H groups in total. The van der Waals surface area contributed by atoms with E-state index in [4.69, 9.17) is 4.74 Å². The quantitative estimate of drug-likeness (QED) is 0.554. The molecule has 1 aliphatic heterocycles. The molecule has 10 heteroatoms. The molecule has 0 aromatic heterocycles. The second-order valence-corrected chi connectivity index (χ2v) is 12.1. The fraction of sp³-hybridized carbons (Fsp3) is 0.292. The van der Waals surface area contributed by atoms with E-state index < -0.39 is 19.9 Å². The zero-order valence-electron chi connectivity index (χ0n) is 18.9. The van der Waals surface area contributed by atoms with Crippen LogP contribution in [0.15, 0.2) is 70.5 Å². The average Bonchev–Trinajstić information content (AvgIpc) is 2.84. The summed E-state index contributed by atoms with van der Waals surface area (Å²) in [6, 6.07) is 16.8. The molecule has 0 radical (unpaired) electrons. The van der Waals surface area contributed by atoms with Gasteiger partial charge in [0.25, 0.3) is 0 Å². The molecule has 1 heterocycles. The monoisotopic (exact) mass is 502 g/mol. The number of ether oxygens (including phenoxy) is 1. The van der Waals surface area contributed by atoms with E-state index in [9.17, 15) is 21.6 Å². The van der Waals surface area contributed by atoms with E-state index in [1.54, 1.807) is 19.2 Å². The van der Waals surface area contributed by atoms with Gasteiger partial charge < -0.3 is 10.1 Å². The van der Waals surface area contributed by atoms with Crippen LogP contribution in [0.4, 0.5) is 5.69 Å². The van der Waals surface area contributed by atoms with Crippen LogP contribution in [-0.2, 0) is 24.7 Å². The molecule has 1 fully saturated rings. The number of fused-ring (bicyclic) bond motifs is 1. The Balaban J connectivity index is 1.49. The molecule has 0 unspecified atom stereocenters. The number of methoxy groups -OCH3 is 1. The van der Waals surface area contributed by atoms with E-state index in [0.717, 1.165) is 17.0 Å². The van der Waals surface area contributed by atoms with Gasteiger partial charge in [-0.1, -0.05) is 36.4 Å². The standard InChI is InChI=1S/C24H26N2O6S2/c1-32-21-12-11-20(18-7-3-4-8-19(18)21)25-24(27)17-13-15-26(16-14-17)34(30,31)23-10-6-5-9-22(23)33(2,28)29/h3-12,17H,13-16H2,1-2H3,(H,25,27). The van der Waals surface area contributed by atoms with Crippen LogP contribution in [0.2, 0.25) is 0 Å². The Bertz CT molecular complexity index is 1440. The first-order chi connectivity index (χ1) is 16.1. The number of rotatable bonds is 6. The average molecular weight is 503 g/mol. The zero-order valence-corrected chi connectivity index (χ0v) is 20.5. The first kappa shape index (κ1) is 24.2. The summed E-state index contributed by atoms with van der Waals surface area (Å²) < 4.78 is 57.2. The highest BCUT2D eigenvalue weighted by Crippen LogP contribution is 2.33. The van der Waals surface area contributed by atoms with E-state index in [0.29, 0.717) is 24.3 Å². The molecule has 1 saturated heterocycles. The number of nitrogens with zero attached hydrogens (tertiary/aromatic N) is 1. The Morgan fingerprint density at radius 3 is 2.09 bits per heavy atom. The number of benzene rings is 3. The van der Waals surface area contributed by atoms with Crippen molar-refractivity contribution in [1.82, 2.24) is 4.31 Å². The Morgan fingerprint density at radius 1 is 0.882 bits per heavy atom. The highest BCUT2D eigenvalue weighted by Gasteiger charge is 2.34. The van der Waals surface area contributed by atoms with E-state index in [-0.39, 0.29) is 34.7 Å². The molecule has 1 aliphatic rings. The van der Waals surface area contributed by atoms with Gasteiger partial charge in [0.05, 0.1) is 12.0 Å². The highest BCUT2D eigenvalue weighted by atomic mass is 32.2. The third kappa shape index (κ3) is 4.66. The molecule has 0 bridgehead atoms. The summed E-state index contributed by atoms with van der Waals surface area (Å²) in [5.74, 6) is 0.169. The molecular weight excluding hydrogens is 476 g/mol. The van der Waals surface area contributed by atoms with Crippen LogP contribution in [0.3, 0.4) is 0 Å². The summed E-state index contributed by atoms with van der Waals surface area (Å²) >= 11 is 0. The SMILES string of the molecule is COc1ccc(NC(=O)C2CCN(S(=O)(=O)c3ccccc3S(C)(=O)=O)CC2)c2ccccc12. The van der Waals surface area contributed by atoms with Crippen molar-refractivity contribution in [3.63, 3.8) is 0 Å². The van der Waals surface area contributed by atoms with Crippen LogP contribution in [0.1, 0.15) is 12.8 Å². The number of carbonyl (C=O) groups is 1. The second kappa shape index (κ2) is 9.36. The summed E-state index contributed by atoms with van der Waals surface area (Å²) in [6.45, 7) is 0.254. The third-order valence-electron chi connectivity index (χ3n) is 6.05. The number of sulfonamides is 1. The molecule has 0 atom stereocenters. The topological polar surface area (TPSA) is 110 Å². The number of hydrogen-bond acceptors (Lipinski definition) is 6. The fourth-order valence-electron chi connectivity index (χ4n) is 4.26. The summed E-state index contributed by atoms with van der Waals surface area (Å²) in [6.07, 6.45) is 1.65. The van der Waals surface area contributed by atoms with Gasteiger partial charge in [-0.05, 0) is 37.1 Å². The number of hydrogen-bond donors (Lipinski definition) is 1. The van der Waals surface area contributed by atoms with Crippen molar-refractivity contribution in [2.24, 2.45) is 5.92 Å². The lowest BCUT2D eigenvalue weighted by atomic mass is 9.97. The van der Waals surface area contributed by atoms with Gasteiger partial charge in [-0.15, -0.1) is 0 Å². The maximum absolute atomic E-state index is 13.2. The molecule has 0 saturated carbocycles. The van der Waals surface area contributed by atoms with Crippen LogP contribution in [-0.4, -0.2) is 53.5 Å². The number of anilines is 1. The number of nitrogens with one attached hydrogen (secondary N) is 1. The number of piperidine rings is 1. The molecule has 3 aromatic rings. The summed E-state index contributed by atoms with van der Waals surface area (Å²) in [5, 5.41) is 4.72. The van der Waals surface area contributed by atoms with Crippen LogP contribution in [0, 0.1) is 5.92 Å². The first-order valence-electron chi connectivity index (χ1n) is 10.8. The minimum absolute atomic E-state index is 0.127. The predicted molar refractivity (Wildman–Crippen MR) is 130 cm³/mol. The zero-order chi connectivity index (χ0) is 24.5. The lowest BCUT2D eigenvalue weighted by Crippen LogP contribution is -2.41. The van der Waals surface area contributed by atoms with Crippen molar-refractivity contribution < 1.29 is 26.4 Å². The highest BCUT2D eigenvalue weighted by molar-refractivity contribution is 7.93. The molecule has 180 valence electrons. The lowest BCUT2D eigenvalue weighted by molar-refractivity contribution is -0.120. The molecular formula is C24H26N2O6S2. The minimum atomic E-state index is -4.01. The molecule has 8 nitrogen and oxygen atoms in total. The molecule has 3 aromatic carbocycles. The molecule has 34 heavy (non-hydrogen) atoms. The molecule has 1 amide bonds. The maximum atomic E-state index is 13.2. The summed E-state index contributed by atoms with van der Waals surface area (Å²) in [4.78, 5) is 12.5. The van der Waals surface area contributed by atoms with Gasteiger partial charge in [0.15, 0.2) is 9.84 Å². The smallest absolute Gasteiger partial charge is 0.244 e. The van der Waals surface area contributed by atoms with Gasteiger partial charge in [0, 0.05) is 41.7 Å². The molecule has 0 aliphatic carbocycles.